The molecule has 0 aromatic carbocycles. The van der Waals surface area contributed by atoms with Gasteiger partial charge in [-0.1, -0.05) is 42.2 Å². The van der Waals surface area contributed by atoms with E-state index in [1.54, 1.807) is 39.5 Å². The van der Waals surface area contributed by atoms with Gasteiger partial charge < -0.3 is 61.2 Å². The molecule has 0 spiro atoms. The summed E-state index contributed by atoms with van der Waals surface area (Å²) in [7, 11) is 0. The van der Waals surface area contributed by atoms with E-state index in [1.165, 1.54) is 53.9 Å². The van der Waals surface area contributed by atoms with Crippen molar-refractivity contribution in [2.24, 2.45) is 5.73 Å². The molecule has 4 aromatic rings. The molecule has 0 saturated carbocycles. The Kier molecular flexibility index (Phi) is 49.2. The first-order valence-electron chi connectivity index (χ1n) is 13.9. The van der Waals surface area contributed by atoms with Gasteiger partial charge in [0.1, 0.15) is 5.76 Å². The van der Waals surface area contributed by atoms with Gasteiger partial charge in [-0.05, 0) is 57.6 Å². The fourth-order valence-electron chi connectivity index (χ4n) is 2.39. The third-order valence-corrected chi connectivity index (χ3v) is 6.23. The zero-order valence-electron chi connectivity index (χ0n) is 31.0. The van der Waals surface area contributed by atoms with Crippen molar-refractivity contribution < 1.29 is 116 Å². The maximum absolute atomic E-state index is 11.0. The zero-order chi connectivity index (χ0) is 37.8. The topological polar surface area (TPSA) is 270 Å². The van der Waals surface area contributed by atoms with E-state index in [1.807, 2.05) is 19.4 Å². The van der Waals surface area contributed by atoms with E-state index in [9.17, 15) is 14.4 Å². The molecule has 0 amide bonds. The van der Waals surface area contributed by atoms with Crippen molar-refractivity contribution in [3.8, 4) is 0 Å². The molecule has 0 saturated heterocycles. The quantitative estimate of drug-likeness (QED) is 0.0841. The smallest absolute Gasteiger partial charge is 0.870 e. The predicted molar refractivity (Wildman–Crippen MR) is 198 cm³/mol. The van der Waals surface area contributed by atoms with Crippen LogP contribution in [0, 0.1) is 0 Å². The monoisotopic (exact) mass is 885 g/mol. The van der Waals surface area contributed by atoms with Crippen LogP contribution in [0.25, 0.3) is 0 Å². The van der Waals surface area contributed by atoms with Gasteiger partial charge in [0.25, 0.3) is 21.0 Å². The van der Waals surface area contributed by atoms with Crippen LogP contribution in [-0.4, -0.2) is 98.4 Å². The molecule has 17 nitrogen and oxygen atoms in total. The van der Waals surface area contributed by atoms with Gasteiger partial charge in [0.15, 0.2) is 0 Å². The van der Waals surface area contributed by atoms with Crippen molar-refractivity contribution >= 4 is 89.8 Å². The van der Waals surface area contributed by atoms with Crippen molar-refractivity contribution in [1.82, 2.24) is 19.9 Å². The normalized spacial score (nSPS) is 9.28. The summed E-state index contributed by atoms with van der Waals surface area (Å²) >= 11 is 13.5. The van der Waals surface area contributed by atoms with Crippen molar-refractivity contribution in [2.75, 3.05) is 44.8 Å². The first-order chi connectivity index (χ1) is 23.4. The number of nitrogens with two attached hydrogens (primary N) is 1. The molecule has 0 unspecified atom stereocenters. The Morgan fingerprint density at radius 1 is 0.774 bits per heavy atom. The van der Waals surface area contributed by atoms with Gasteiger partial charge in [0.05, 0.1) is 44.0 Å². The second-order valence-corrected chi connectivity index (χ2v) is 10.3. The molecule has 0 fully saturated rings. The number of thioether (sulfide) groups is 3. The van der Waals surface area contributed by atoms with Crippen LogP contribution >= 0.6 is 59.3 Å². The molecule has 25 heteroatoms. The van der Waals surface area contributed by atoms with Crippen molar-refractivity contribution in [3.05, 3.63) is 53.2 Å². The number of halogens is 2. The van der Waals surface area contributed by atoms with Gasteiger partial charge in [-0.3, -0.25) is 0 Å². The van der Waals surface area contributed by atoms with E-state index >= 15 is 0 Å². The largest absolute Gasteiger partial charge is 1.00 e. The summed E-state index contributed by atoms with van der Waals surface area (Å²) in [5.41, 5.74) is 5.72. The molecule has 0 aliphatic heterocycles. The van der Waals surface area contributed by atoms with E-state index in [-0.39, 0.29) is 112 Å². The molecule has 1 atom stereocenters. The number of hydrogen-bond acceptors (Lipinski definition) is 20. The average Bonchev–Trinajstić information content (AvgIpc) is 3.94. The summed E-state index contributed by atoms with van der Waals surface area (Å²) in [4.78, 5) is 47.1. The van der Waals surface area contributed by atoms with E-state index in [4.69, 9.17) is 45.5 Å². The van der Waals surface area contributed by atoms with Gasteiger partial charge in [-0.2, -0.15) is 6.26 Å². The average molecular weight is 887 g/mol. The van der Waals surface area contributed by atoms with Crippen LogP contribution in [0.1, 0.15) is 77.6 Å². The Morgan fingerprint density at radius 3 is 1.43 bits per heavy atom. The summed E-state index contributed by atoms with van der Waals surface area (Å²) in [6.07, 6.45) is 13.4. The Morgan fingerprint density at radius 2 is 1.13 bits per heavy atom. The molecular weight excluding hydrogens is 843 g/mol. The van der Waals surface area contributed by atoms with Gasteiger partial charge in [-0.25, -0.2) is 34.3 Å². The third kappa shape index (κ3) is 29.1. The molecule has 4 aromatic heterocycles. The van der Waals surface area contributed by atoms with Gasteiger partial charge in [0, 0.05) is 6.61 Å². The first-order valence-corrected chi connectivity index (χ1v) is 18.8. The van der Waals surface area contributed by atoms with E-state index in [0.29, 0.717) is 28.9 Å². The Labute approximate surface area is 381 Å². The fourth-order valence-corrected chi connectivity index (χ4v) is 3.52. The Balaban J connectivity index is -0.000000130. The number of carboxylic acids is 1. The number of aliphatic hydroxyl groups is 1. The molecule has 292 valence electrons. The van der Waals surface area contributed by atoms with Crippen molar-refractivity contribution in [2.45, 2.75) is 55.8 Å². The van der Waals surface area contributed by atoms with Crippen LogP contribution in [0.4, 0.5) is 0 Å². The molecule has 53 heavy (non-hydrogen) atoms. The summed E-state index contributed by atoms with van der Waals surface area (Å²) < 4.78 is 29.1. The first kappa shape index (κ1) is 64.0. The van der Waals surface area contributed by atoms with Gasteiger partial charge in [0.2, 0.25) is 17.3 Å². The number of aromatic carboxylic acids is 1. The maximum atomic E-state index is 11.0. The van der Waals surface area contributed by atoms with Gasteiger partial charge >= 0.3 is 77.0 Å². The number of ether oxygens (including phenoxy) is 2. The van der Waals surface area contributed by atoms with Crippen LogP contribution in [0.15, 0.2) is 58.1 Å². The molecule has 0 aliphatic carbocycles. The standard InChI is InChI=1S/C7H12N2OS.C7H9NO3S.C6H6ClNO3.C5H5NO3S.C2H6O.CH4S.ClH.2Na.H2O/c1-3-5(8)6-4-9-7(10-6)11-2;1-3-10-6(9)5-4-8-7(11-5)12-2;1-2-10-5(9)4-3-8-6(7)11-4;1-10-5-6-2-3(9-5)4(7)8;1-2-3;1-2;;;;/h4-5H,3,8H2,1-2H3;4H,3H2,1-2H3;3H,2H2,1H3;2H,1H3,(H,7,8);3H,2H2,1H3;2H,1H3;1H;;;1H2/q;;;;;;;2*+1;/p-2/t5-;;;;;;;;;/m0........./s1. The van der Waals surface area contributed by atoms with Crippen molar-refractivity contribution in [1.29, 1.82) is 0 Å². The summed E-state index contributed by atoms with van der Waals surface area (Å²) in [6, 6.07) is -0.0107. The minimum atomic E-state index is -1.09. The van der Waals surface area contributed by atoms with E-state index in [0.717, 1.165) is 12.2 Å². The number of hydrogen-bond donors (Lipinski definition) is 3. The summed E-state index contributed by atoms with van der Waals surface area (Å²) in [5.74, 6) is -1.27. The number of carbonyl (C=O) groups excluding carboxylic acids is 2. The number of oxazole rings is 4. The van der Waals surface area contributed by atoms with Crippen LogP contribution in [0.5, 0.6) is 0 Å². The molecule has 0 radical (unpaired) electrons. The SMILES string of the molecule is CCO.CCOC(=O)c1cnc(Cl)o1.CCOC(=O)c1cnc(SC)o1.CC[C@H](N)c1cnc(SC)o1.CSc1ncc(C(=O)O)o1.C[S-].Cl.[Na+].[Na+].[OH-]. The van der Waals surface area contributed by atoms with Crippen LogP contribution < -0.4 is 64.8 Å². The Hall–Kier alpha value is -0.890. The number of nitrogens with zero attached hydrogens (tertiary/aromatic N) is 4. The van der Waals surface area contributed by atoms with E-state index in [2.05, 4.69) is 41.7 Å². The maximum Gasteiger partial charge on any atom is 1.00 e. The minimum Gasteiger partial charge on any atom is -0.870 e. The van der Waals surface area contributed by atoms with Crippen LogP contribution in [0.3, 0.4) is 0 Å². The number of aromatic nitrogens is 4. The molecule has 4 heterocycles. The summed E-state index contributed by atoms with van der Waals surface area (Å²) in [6.45, 7) is 8.04. The fraction of sp³-hybridized carbons (Fsp3) is 0.464. The zero-order valence-corrected chi connectivity index (χ0v) is 39.9. The van der Waals surface area contributed by atoms with Crippen LogP contribution in [-0.2, 0) is 22.1 Å². The van der Waals surface area contributed by atoms with Crippen LogP contribution in [0.2, 0.25) is 5.35 Å². The predicted octanol–water partition coefficient (Wildman–Crippen LogP) is 0.394. The molecule has 0 aliphatic rings. The number of carbonyl (C=O) groups is 3. The van der Waals surface area contributed by atoms with Crippen molar-refractivity contribution in [3.63, 3.8) is 0 Å². The second kappa shape index (κ2) is 40.8. The molecule has 4 rings (SSSR count). The number of rotatable bonds is 10. The molecule has 0 bridgehead atoms. The minimum absolute atomic E-state index is 0. The summed E-state index contributed by atoms with van der Waals surface area (Å²) in [5, 5.41) is 17.4. The number of esters is 2. The molecule has 5 N–H and O–H groups in total. The third-order valence-electron chi connectivity index (χ3n) is 4.44. The second-order valence-electron chi connectivity index (χ2n) is 7.68. The molecular formula is C28H43Cl2N5Na2O12S4. The Bertz CT molecular complexity index is 1470. The number of aliphatic hydroxyl groups excluding tert-OH is 1. The van der Waals surface area contributed by atoms with Gasteiger partial charge in [-0.15, -0.1) is 12.4 Å². The number of carboxylic acid groups (broad SMARTS) is 1. The van der Waals surface area contributed by atoms with E-state index < -0.39 is 17.9 Å².